The Labute approximate surface area is 190 Å². The van der Waals surface area contributed by atoms with Gasteiger partial charge < -0.3 is 15.8 Å². The maximum Gasteiger partial charge on any atom is 0.240 e. The van der Waals surface area contributed by atoms with Crippen molar-refractivity contribution < 1.29 is 9.53 Å². The highest BCUT2D eigenvalue weighted by Crippen LogP contribution is 2.42. The highest BCUT2D eigenvalue weighted by Gasteiger charge is 2.38. The fraction of sp³-hybridized carbons (Fsp3) is 0.348. The molecule has 0 atom stereocenters. The van der Waals surface area contributed by atoms with Gasteiger partial charge in [-0.2, -0.15) is 5.10 Å². The van der Waals surface area contributed by atoms with Crippen LogP contribution >= 0.6 is 11.3 Å². The quantitative estimate of drug-likeness (QED) is 0.495. The second-order valence-electron chi connectivity index (χ2n) is 8.69. The minimum Gasteiger partial charge on any atom is -0.495 e. The Morgan fingerprint density at radius 1 is 1.28 bits per heavy atom. The normalized spacial score (nSPS) is 16.6. The summed E-state index contributed by atoms with van der Waals surface area (Å²) in [6.45, 7) is 7.93. The summed E-state index contributed by atoms with van der Waals surface area (Å²) in [6.07, 6.45) is 1.47. The second kappa shape index (κ2) is 7.46. The van der Waals surface area contributed by atoms with Gasteiger partial charge in [-0.05, 0) is 49.9 Å². The van der Waals surface area contributed by atoms with Gasteiger partial charge in [0.25, 0.3) is 0 Å². The van der Waals surface area contributed by atoms with Crippen LogP contribution in [-0.2, 0) is 11.3 Å². The van der Waals surface area contributed by atoms with Gasteiger partial charge in [-0.3, -0.25) is 9.69 Å². The SMILES string of the molecule is COc1cc(C)cc2cc(-c3cc(CN4CCNC(=O)C4(C)C)n4ncnc(N)c34)sc12. The van der Waals surface area contributed by atoms with Crippen molar-refractivity contribution in [3.8, 4) is 16.2 Å². The number of hydrogen-bond donors (Lipinski definition) is 2. The van der Waals surface area contributed by atoms with E-state index in [0.29, 0.717) is 18.9 Å². The molecule has 4 aromatic rings. The third kappa shape index (κ3) is 3.20. The minimum atomic E-state index is -0.607. The van der Waals surface area contributed by atoms with E-state index in [-0.39, 0.29) is 5.91 Å². The fourth-order valence-corrected chi connectivity index (χ4v) is 5.55. The number of thiophene rings is 1. The van der Waals surface area contributed by atoms with Crippen LogP contribution in [0.5, 0.6) is 5.75 Å². The van der Waals surface area contributed by atoms with Crippen molar-refractivity contribution in [3.05, 3.63) is 41.9 Å². The molecule has 1 fully saturated rings. The summed E-state index contributed by atoms with van der Waals surface area (Å²) in [7, 11) is 1.70. The molecule has 0 aliphatic carbocycles. The van der Waals surface area contributed by atoms with Crippen LogP contribution in [0.3, 0.4) is 0 Å². The second-order valence-corrected chi connectivity index (χ2v) is 9.74. The van der Waals surface area contributed by atoms with E-state index in [0.717, 1.165) is 49.6 Å². The van der Waals surface area contributed by atoms with Crippen LogP contribution in [0, 0.1) is 6.92 Å². The van der Waals surface area contributed by atoms with Gasteiger partial charge in [0, 0.05) is 30.1 Å². The Morgan fingerprint density at radius 3 is 2.88 bits per heavy atom. The molecular weight excluding hydrogens is 424 g/mol. The number of amides is 1. The molecule has 32 heavy (non-hydrogen) atoms. The number of methoxy groups -OCH3 is 1. The molecule has 9 heteroatoms. The lowest BCUT2D eigenvalue weighted by molar-refractivity contribution is -0.135. The Bertz CT molecular complexity index is 1360. The molecule has 0 unspecified atom stereocenters. The monoisotopic (exact) mass is 450 g/mol. The maximum atomic E-state index is 12.4. The van der Waals surface area contributed by atoms with Crippen molar-refractivity contribution in [2.24, 2.45) is 0 Å². The van der Waals surface area contributed by atoms with Crippen molar-refractivity contribution in [2.45, 2.75) is 32.9 Å². The summed E-state index contributed by atoms with van der Waals surface area (Å²) < 4.78 is 8.57. The highest BCUT2D eigenvalue weighted by molar-refractivity contribution is 7.22. The molecule has 0 spiro atoms. The number of carbonyl (C=O) groups is 1. The Hall–Kier alpha value is -3.17. The van der Waals surface area contributed by atoms with Gasteiger partial charge >= 0.3 is 0 Å². The number of hydrogen-bond acceptors (Lipinski definition) is 7. The van der Waals surface area contributed by atoms with Crippen molar-refractivity contribution in [2.75, 3.05) is 25.9 Å². The number of aryl methyl sites for hydroxylation is 1. The van der Waals surface area contributed by atoms with Crippen LogP contribution in [0.25, 0.3) is 26.0 Å². The molecule has 0 bridgehead atoms. The van der Waals surface area contributed by atoms with E-state index in [9.17, 15) is 4.79 Å². The molecule has 1 saturated heterocycles. The number of benzene rings is 1. The first-order valence-electron chi connectivity index (χ1n) is 10.5. The standard InChI is InChI=1S/C23H26N6O2S/c1-13-7-14-9-18(32-20(14)17(8-13)31-4)16-10-15(29-19(16)21(24)26-12-27-29)11-28-6-5-25-22(30)23(28,2)3/h7-10,12H,5-6,11H2,1-4H3,(H,25,30)(H2,24,26,27). The topological polar surface area (TPSA) is 97.8 Å². The van der Waals surface area contributed by atoms with Crippen LogP contribution in [-0.4, -0.2) is 51.1 Å². The third-order valence-corrected chi connectivity index (χ3v) is 7.43. The highest BCUT2D eigenvalue weighted by atomic mass is 32.1. The zero-order valence-corrected chi connectivity index (χ0v) is 19.4. The number of nitrogens with two attached hydrogens (primary N) is 1. The number of carbonyl (C=O) groups excluding carboxylic acids is 1. The van der Waals surface area contributed by atoms with Crippen LogP contribution in [0.1, 0.15) is 25.1 Å². The summed E-state index contributed by atoms with van der Waals surface area (Å²) in [6, 6.07) is 8.49. The van der Waals surface area contributed by atoms with Crippen LogP contribution in [0.4, 0.5) is 5.82 Å². The van der Waals surface area contributed by atoms with Gasteiger partial charge in [0.05, 0.1) is 23.0 Å². The van der Waals surface area contributed by atoms with E-state index in [2.05, 4.69) is 45.4 Å². The van der Waals surface area contributed by atoms with E-state index >= 15 is 0 Å². The van der Waals surface area contributed by atoms with Crippen molar-refractivity contribution in [1.82, 2.24) is 24.8 Å². The van der Waals surface area contributed by atoms with E-state index in [1.807, 2.05) is 24.4 Å². The molecule has 3 aromatic heterocycles. The summed E-state index contributed by atoms with van der Waals surface area (Å²) in [5.74, 6) is 1.33. The molecule has 1 aliphatic rings. The molecule has 1 aromatic carbocycles. The molecule has 3 N–H and O–H groups in total. The number of aromatic nitrogens is 3. The Morgan fingerprint density at radius 2 is 2.09 bits per heavy atom. The predicted octanol–water partition coefficient (Wildman–Crippen LogP) is 3.22. The van der Waals surface area contributed by atoms with Gasteiger partial charge in [0.2, 0.25) is 5.91 Å². The largest absolute Gasteiger partial charge is 0.495 e. The number of nitrogens with one attached hydrogen (secondary N) is 1. The van der Waals surface area contributed by atoms with Crippen LogP contribution in [0.15, 0.2) is 30.6 Å². The minimum absolute atomic E-state index is 0.0333. The molecule has 1 aliphatic heterocycles. The number of piperazine rings is 1. The first-order valence-corrected chi connectivity index (χ1v) is 11.3. The first kappa shape index (κ1) is 20.7. The van der Waals surface area contributed by atoms with Crippen molar-refractivity contribution in [3.63, 3.8) is 0 Å². The molecule has 4 heterocycles. The molecule has 0 radical (unpaired) electrons. The van der Waals surface area contributed by atoms with Gasteiger partial charge in [-0.15, -0.1) is 11.3 Å². The lowest BCUT2D eigenvalue weighted by Crippen LogP contribution is -2.61. The van der Waals surface area contributed by atoms with Crippen LogP contribution in [0.2, 0.25) is 0 Å². The van der Waals surface area contributed by atoms with Crippen molar-refractivity contribution >= 4 is 38.7 Å². The number of anilines is 1. The fourth-order valence-electron chi connectivity index (χ4n) is 4.40. The van der Waals surface area contributed by atoms with E-state index in [1.54, 1.807) is 18.4 Å². The molecule has 1 amide bonds. The number of fused-ring (bicyclic) bond motifs is 2. The summed E-state index contributed by atoms with van der Waals surface area (Å²) in [5, 5.41) is 8.58. The van der Waals surface area contributed by atoms with Gasteiger partial charge in [-0.1, -0.05) is 6.07 Å². The summed E-state index contributed by atoms with van der Waals surface area (Å²) >= 11 is 1.67. The van der Waals surface area contributed by atoms with Gasteiger partial charge in [-0.25, -0.2) is 9.50 Å². The average molecular weight is 451 g/mol. The van der Waals surface area contributed by atoms with Crippen LogP contribution < -0.4 is 15.8 Å². The molecule has 5 rings (SSSR count). The van der Waals surface area contributed by atoms with E-state index < -0.39 is 5.54 Å². The van der Waals surface area contributed by atoms with Gasteiger partial charge in [0.1, 0.15) is 17.6 Å². The number of ether oxygens (including phenoxy) is 1. The number of nitrogens with zero attached hydrogens (tertiary/aromatic N) is 4. The zero-order chi connectivity index (χ0) is 22.6. The third-order valence-electron chi connectivity index (χ3n) is 6.23. The molecule has 8 nitrogen and oxygen atoms in total. The lowest BCUT2D eigenvalue weighted by Gasteiger charge is -2.40. The summed E-state index contributed by atoms with van der Waals surface area (Å²) in [4.78, 5) is 19.9. The number of rotatable bonds is 4. The molecule has 0 saturated carbocycles. The maximum absolute atomic E-state index is 12.4. The summed E-state index contributed by atoms with van der Waals surface area (Å²) in [5.41, 5.74) is 9.59. The lowest BCUT2D eigenvalue weighted by atomic mass is 9.98. The molecule has 166 valence electrons. The zero-order valence-electron chi connectivity index (χ0n) is 18.6. The average Bonchev–Trinajstić information content (AvgIpc) is 3.33. The molecular formula is C23H26N6O2S. The Kier molecular flexibility index (Phi) is 4.83. The number of nitrogen functional groups attached to an aromatic ring is 1. The van der Waals surface area contributed by atoms with Crippen molar-refractivity contribution in [1.29, 1.82) is 0 Å². The van der Waals surface area contributed by atoms with Gasteiger partial charge in [0.15, 0.2) is 5.82 Å². The van der Waals surface area contributed by atoms with E-state index in [4.69, 9.17) is 10.5 Å². The smallest absolute Gasteiger partial charge is 0.240 e. The Balaban J connectivity index is 1.65. The van der Waals surface area contributed by atoms with E-state index in [1.165, 1.54) is 6.33 Å². The first-order chi connectivity index (χ1) is 15.3. The predicted molar refractivity (Wildman–Crippen MR) is 127 cm³/mol.